The molecule has 3 heterocycles. The van der Waals surface area contributed by atoms with Crippen LogP contribution < -0.4 is 9.80 Å². The predicted molar refractivity (Wildman–Crippen MR) is 105 cm³/mol. The van der Waals surface area contributed by atoms with Gasteiger partial charge in [-0.05, 0) is 54.8 Å². The molecule has 1 fully saturated rings. The van der Waals surface area contributed by atoms with Crippen molar-refractivity contribution in [2.45, 2.75) is 25.8 Å². The van der Waals surface area contributed by atoms with E-state index in [1.165, 1.54) is 0 Å². The first-order valence-electron chi connectivity index (χ1n) is 9.31. The molecule has 0 aliphatic carbocycles. The summed E-state index contributed by atoms with van der Waals surface area (Å²) < 4.78 is 0. The van der Waals surface area contributed by atoms with Crippen molar-refractivity contribution in [3.05, 3.63) is 65.9 Å². The Kier molecular flexibility index (Phi) is 3.67. The number of piperidine rings is 1. The first-order valence-corrected chi connectivity index (χ1v) is 9.31. The van der Waals surface area contributed by atoms with Crippen LogP contribution in [0.2, 0.25) is 0 Å². The molecular weight excluding hydrogens is 338 g/mol. The molecule has 0 bridgehead atoms. The highest BCUT2D eigenvalue weighted by atomic mass is 16.2. The van der Waals surface area contributed by atoms with Gasteiger partial charge >= 0.3 is 0 Å². The Hall–Kier alpha value is -3.21. The number of hydrogen-bond donors (Lipinski definition) is 0. The van der Waals surface area contributed by atoms with Crippen molar-refractivity contribution in [3.63, 3.8) is 0 Å². The molecule has 27 heavy (non-hydrogen) atoms. The van der Waals surface area contributed by atoms with Crippen molar-refractivity contribution in [1.29, 1.82) is 0 Å². The van der Waals surface area contributed by atoms with E-state index in [9.17, 15) is 9.59 Å². The summed E-state index contributed by atoms with van der Waals surface area (Å²) >= 11 is 0. The Bertz CT molecular complexity index is 1080. The number of pyridine rings is 1. The topological polar surface area (TPSA) is 53.5 Å². The molecular formula is C22H19N3O2. The average Bonchev–Trinajstić information content (AvgIpc) is 3.04. The highest BCUT2D eigenvalue weighted by Gasteiger charge is 2.30. The minimum atomic E-state index is -0.0143. The summed E-state index contributed by atoms with van der Waals surface area (Å²) in [5.74, 6) is 0.130. The van der Waals surface area contributed by atoms with Crippen molar-refractivity contribution in [2.24, 2.45) is 0 Å². The summed E-state index contributed by atoms with van der Waals surface area (Å²) in [6.45, 7) is 1.28. The number of rotatable bonds is 2. The van der Waals surface area contributed by atoms with Crippen molar-refractivity contribution in [1.82, 2.24) is 4.98 Å². The number of anilines is 2. The van der Waals surface area contributed by atoms with E-state index in [2.05, 4.69) is 4.98 Å². The Balaban J connectivity index is 1.48. The average molecular weight is 357 g/mol. The molecule has 3 aromatic rings. The molecule has 5 rings (SSSR count). The number of benzene rings is 2. The number of amides is 2. The third kappa shape index (κ3) is 2.67. The normalized spacial score (nSPS) is 16.9. The standard InChI is InChI=1S/C22H19N3O2/c26-21-5-1-2-11-24(21)18-7-6-16-14-25(22(27)19(16)13-18)17-8-9-20-15(12-17)4-3-10-23-20/h3-4,6-10,12-13H,1-2,5,11,14H2. The van der Waals surface area contributed by atoms with Crippen molar-refractivity contribution >= 4 is 34.1 Å². The molecule has 0 atom stereocenters. The van der Waals surface area contributed by atoms with E-state index in [0.29, 0.717) is 18.5 Å². The lowest BCUT2D eigenvalue weighted by atomic mass is 10.1. The van der Waals surface area contributed by atoms with Crippen LogP contribution in [-0.2, 0) is 11.3 Å². The van der Waals surface area contributed by atoms with Crippen molar-refractivity contribution in [3.8, 4) is 0 Å². The van der Waals surface area contributed by atoms with Crippen LogP contribution >= 0.6 is 0 Å². The largest absolute Gasteiger partial charge is 0.312 e. The van der Waals surface area contributed by atoms with Gasteiger partial charge in [-0.15, -0.1) is 0 Å². The molecule has 0 saturated carbocycles. The fourth-order valence-corrected chi connectivity index (χ4v) is 3.98. The van der Waals surface area contributed by atoms with Gasteiger partial charge in [-0.2, -0.15) is 0 Å². The molecule has 0 N–H and O–H groups in total. The van der Waals surface area contributed by atoms with E-state index in [1.807, 2.05) is 48.5 Å². The van der Waals surface area contributed by atoms with Crippen molar-refractivity contribution in [2.75, 3.05) is 16.3 Å². The second kappa shape index (κ2) is 6.20. The van der Waals surface area contributed by atoms with Crippen LogP contribution in [0.4, 0.5) is 11.4 Å². The second-order valence-corrected chi connectivity index (χ2v) is 7.12. The minimum Gasteiger partial charge on any atom is -0.312 e. The third-order valence-corrected chi connectivity index (χ3v) is 5.43. The molecule has 2 amide bonds. The molecule has 2 aromatic carbocycles. The molecule has 1 saturated heterocycles. The summed E-state index contributed by atoms with van der Waals surface area (Å²) in [4.78, 5) is 33.2. The number of aromatic nitrogens is 1. The number of nitrogens with zero attached hydrogens (tertiary/aromatic N) is 3. The molecule has 1 aromatic heterocycles. The van der Waals surface area contributed by atoms with Crippen molar-refractivity contribution < 1.29 is 9.59 Å². The number of carbonyl (C=O) groups is 2. The van der Waals surface area contributed by atoms with Gasteiger partial charge in [0.05, 0.1) is 12.1 Å². The maximum Gasteiger partial charge on any atom is 0.259 e. The van der Waals surface area contributed by atoms with E-state index < -0.39 is 0 Å². The van der Waals surface area contributed by atoms with Gasteiger partial charge in [-0.3, -0.25) is 14.6 Å². The Morgan fingerprint density at radius 1 is 0.889 bits per heavy atom. The Labute approximate surface area is 157 Å². The van der Waals surface area contributed by atoms with Gasteiger partial charge in [0.2, 0.25) is 5.91 Å². The Morgan fingerprint density at radius 2 is 1.74 bits per heavy atom. The SMILES string of the molecule is O=C1CCCCN1c1ccc2c(c1)C(=O)N(c1ccc3ncccc3c1)C2. The van der Waals surface area contributed by atoms with Crippen LogP contribution in [0.5, 0.6) is 0 Å². The summed E-state index contributed by atoms with van der Waals surface area (Å²) in [7, 11) is 0. The van der Waals surface area contributed by atoms with Gasteiger partial charge in [0.15, 0.2) is 0 Å². The minimum absolute atomic E-state index is 0.0143. The quantitative estimate of drug-likeness (QED) is 0.699. The smallest absolute Gasteiger partial charge is 0.259 e. The van der Waals surface area contributed by atoms with E-state index in [0.717, 1.165) is 47.2 Å². The fraction of sp³-hybridized carbons (Fsp3) is 0.227. The van der Waals surface area contributed by atoms with Crippen LogP contribution in [0.25, 0.3) is 10.9 Å². The lowest BCUT2D eigenvalue weighted by Gasteiger charge is -2.27. The van der Waals surface area contributed by atoms with Gasteiger partial charge in [0, 0.05) is 41.5 Å². The van der Waals surface area contributed by atoms with Crippen LogP contribution in [-0.4, -0.2) is 23.3 Å². The summed E-state index contributed by atoms with van der Waals surface area (Å²) in [5.41, 5.74) is 4.30. The van der Waals surface area contributed by atoms with Gasteiger partial charge in [-0.25, -0.2) is 0 Å². The van der Waals surface area contributed by atoms with Gasteiger partial charge in [-0.1, -0.05) is 12.1 Å². The summed E-state index contributed by atoms with van der Waals surface area (Å²) in [5, 5.41) is 1.01. The summed E-state index contributed by atoms with van der Waals surface area (Å²) in [6.07, 6.45) is 4.31. The van der Waals surface area contributed by atoms with E-state index >= 15 is 0 Å². The maximum atomic E-state index is 13.1. The van der Waals surface area contributed by atoms with Gasteiger partial charge in [0.25, 0.3) is 5.91 Å². The molecule has 2 aliphatic heterocycles. The predicted octanol–water partition coefficient (Wildman–Crippen LogP) is 3.91. The van der Waals surface area contributed by atoms with E-state index in [4.69, 9.17) is 0 Å². The molecule has 5 heteroatoms. The van der Waals surface area contributed by atoms with Crippen LogP contribution in [0.1, 0.15) is 35.2 Å². The first-order chi connectivity index (χ1) is 13.2. The Morgan fingerprint density at radius 3 is 2.63 bits per heavy atom. The van der Waals surface area contributed by atoms with E-state index in [1.54, 1.807) is 16.0 Å². The second-order valence-electron chi connectivity index (χ2n) is 7.12. The highest BCUT2D eigenvalue weighted by Crippen LogP contribution is 2.33. The lowest BCUT2D eigenvalue weighted by Crippen LogP contribution is -2.35. The van der Waals surface area contributed by atoms with Crippen LogP contribution in [0.3, 0.4) is 0 Å². The third-order valence-electron chi connectivity index (χ3n) is 5.43. The van der Waals surface area contributed by atoms with E-state index in [-0.39, 0.29) is 11.8 Å². The zero-order chi connectivity index (χ0) is 18.4. The van der Waals surface area contributed by atoms with Crippen LogP contribution in [0, 0.1) is 0 Å². The zero-order valence-corrected chi connectivity index (χ0v) is 14.9. The molecule has 0 radical (unpaired) electrons. The maximum absolute atomic E-state index is 13.1. The van der Waals surface area contributed by atoms with Crippen LogP contribution in [0.15, 0.2) is 54.7 Å². The number of hydrogen-bond acceptors (Lipinski definition) is 3. The highest BCUT2D eigenvalue weighted by molar-refractivity contribution is 6.11. The van der Waals surface area contributed by atoms with Gasteiger partial charge < -0.3 is 9.80 Å². The monoisotopic (exact) mass is 357 g/mol. The number of fused-ring (bicyclic) bond motifs is 2. The molecule has 5 nitrogen and oxygen atoms in total. The molecule has 2 aliphatic rings. The molecule has 0 unspecified atom stereocenters. The zero-order valence-electron chi connectivity index (χ0n) is 14.9. The number of carbonyl (C=O) groups excluding carboxylic acids is 2. The van der Waals surface area contributed by atoms with Gasteiger partial charge in [0.1, 0.15) is 0 Å². The molecule has 0 spiro atoms. The lowest BCUT2D eigenvalue weighted by molar-refractivity contribution is -0.119. The molecule has 134 valence electrons. The fourth-order valence-electron chi connectivity index (χ4n) is 3.98. The first kappa shape index (κ1) is 16.0. The summed E-state index contributed by atoms with van der Waals surface area (Å²) in [6, 6.07) is 15.6.